The number of pyridine rings is 1. The highest BCUT2D eigenvalue weighted by molar-refractivity contribution is 9.11. The van der Waals surface area contributed by atoms with Crippen molar-refractivity contribution < 1.29 is 0 Å². The molecule has 54 valence electrons. The molecule has 1 N–H and O–H groups in total. The number of nitrogens with zero attached hydrogens (tertiary/aromatic N) is 1. The van der Waals surface area contributed by atoms with E-state index in [1.807, 2.05) is 13.1 Å². The van der Waals surface area contributed by atoms with E-state index in [1.54, 1.807) is 6.20 Å². The van der Waals surface area contributed by atoms with E-state index in [2.05, 4.69) is 42.2 Å². The van der Waals surface area contributed by atoms with Crippen LogP contribution < -0.4 is 5.32 Å². The van der Waals surface area contributed by atoms with E-state index in [4.69, 9.17) is 0 Å². The summed E-state index contributed by atoms with van der Waals surface area (Å²) in [4.78, 5) is 4.09. The first-order chi connectivity index (χ1) is 4.74. The van der Waals surface area contributed by atoms with E-state index < -0.39 is 0 Å². The standard InChI is InChI=1S/C6H6Br2N2/c1-9-6-5(8)2-4(7)3-10-6/h2-3H,1H3,(H,9,10). The molecule has 0 bridgehead atoms. The molecule has 10 heavy (non-hydrogen) atoms. The third-order valence-electron chi connectivity index (χ3n) is 1.04. The van der Waals surface area contributed by atoms with Gasteiger partial charge in [0.1, 0.15) is 5.82 Å². The van der Waals surface area contributed by atoms with Crippen molar-refractivity contribution in [2.45, 2.75) is 0 Å². The highest BCUT2D eigenvalue weighted by Crippen LogP contribution is 2.22. The first-order valence-electron chi connectivity index (χ1n) is 2.73. The summed E-state index contributed by atoms with van der Waals surface area (Å²) in [6, 6.07) is 1.94. The van der Waals surface area contributed by atoms with Gasteiger partial charge in [-0.2, -0.15) is 0 Å². The monoisotopic (exact) mass is 264 g/mol. The Hall–Kier alpha value is -0.0900. The van der Waals surface area contributed by atoms with Crippen LogP contribution in [0.1, 0.15) is 0 Å². The Morgan fingerprint density at radius 3 is 2.70 bits per heavy atom. The van der Waals surface area contributed by atoms with Gasteiger partial charge < -0.3 is 5.32 Å². The fraction of sp³-hybridized carbons (Fsp3) is 0.167. The molecule has 1 heterocycles. The number of nitrogens with one attached hydrogen (secondary N) is 1. The number of rotatable bonds is 1. The van der Waals surface area contributed by atoms with Gasteiger partial charge in [-0.25, -0.2) is 4.98 Å². The molecule has 0 aliphatic rings. The maximum absolute atomic E-state index is 4.09. The molecule has 0 fully saturated rings. The van der Waals surface area contributed by atoms with Crippen LogP contribution in [0.15, 0.2) is 21.2 Å². The summed E-state index contributed by atoms with van der Waals surface area (Å²) in [5, 5.41) is 2.94. The van der Waals surface area contributed by atoms with Crippen LogP contribution >= 0.6 is 31.9 Å². The topological polar surface area (TPSA) is 24.9 Å². The van der Waals surface area contributed by atoms with Crippen LogP contribution in [0.3, 0.4) is 0 Å². The summed E-state index contributed by atoms with van der Waals surface area (Å²) >= 11 is 6.66. The van der Waals surface area contributed by atoms with Crippen LogP contribution in [0.5, 0.6) is 0 Å². The zero-order valence-corrected chi connectivity index (χ0v) is 8.53. The van der Waals surface area contributed by atoms with Gasteiger partial charge in [0.2, 0.25) is 0 Å². The molecule has 2 nitrogen and oxygen atoms in total. The molecule has 0 saturated carbocycles. The predicted octanol–water partition coefficient (Wildman–Crippen LogP) is 2.65. The minimum atomic E-state index is 0.850. The largest absolute Gasteiger partial charge is 0.372 e. The first-order valence-corrected chi connectivity index (χ1v) is 4.31. The molecule has 0 aliphatic heterocycles. The molecule has 0 aromatic carbocycles. The Kier molecular flexibility index (Phi) is 2.68. The van der Waals surface area contributed by atoms with Gasteiger partial charge in [-0.1, -0.05) is 0 Å². The van der Waals surface area contributed by atoms with Crippen molar-refractivity contribution in [1.82, 2.24) is 4.98 Å². The second-order valence-electron chi connectivity index (χ2n) is 1.73. The SMILES string of the molecule is CNc1ncc(Br)cc1Br. The van der Waals surface area contributed by atoms with Crippen LogP contribution in [-0.2, 0) is 0 Å². The fourth-order valence-corrected chi connectivity index (χ4v) is 1.78. The summed E-state index contributed by atoms with van der Waals surface area (Å²) in [6.07, 6.45) is 1.75. The zero-order valence-electron chi connectivity index (χ0n) is 5.36. The number of hydrogen-bond donors (Lipinski definition) is 1. The summed E-state index contributed by atoms with van der Waals surface area (Å²) < 4.78 is 1.93. The molecule has 0 aliphatic carbocycles. The highest BCUT2D eigenvalue weighted by Gasteiger charge is 1.97. The molecular weight excluding hydrogens is 260 g/mol. The second-order valence-corrected chi connectivity index (χ2v) is 3.50. The van der Waals surface area contributed by atoms with Crippen molar-refractivity contribution in [2.24, 2.45) is 0 Å². The van der Waals surface area contributed by atoms with Crippen LogP contribution in [0.2, 0.25) is 0 Å². The molecule has 1 aromatic heterocycles. The second kappa shape index (κ2) is 3.34. The lowest BCUT2D eigenvalue weighted by Crippen LogP contribution is -1.92. The molecule has 1 aromatic rings. The third kappa shape index (κ3) is 1.70. The number of hydrogen-bond acceptors (Lipinski definition) is 2. The average molecular weight is 266 g/mol. The minimum absolute atomic E-state index is 0.850. The number of halogens is 2. The predicted molar refractivity (Wildman–Crippen MR) is 49.2 cm³/mol. The van der Waals surface area contributed by atoms with Crippen LogP contribution in [0.25, 0.3) is 0 Å². The van der Waals surface area contributed by atoms with Crippen molar-refractivity contribution in [3.63, 3.8) is 0 Å². The molecule has 0 spiro atoms. The molecule has 0 unspecified atom stereocenters. The third-order valence-corrected chi connectivity index (χ3v) is 2.08. The van der Waals surface area contributed by atoms with Gasteiger partial charge in [-0.05, 0) is 37.9 Å². The van der Waals surface area contributed by atoms with E-state index in [0.717, 1.165) is 14.8 Å². The summed E-state index contributed by atoms with van der Waals surface area (Å²) in [5.41, 5.74) is 0. The van der Waals surface area contributed by atoms with Crippen LogP contribution in [0.4, 0.5) is 5.82 Å². The van der Waals surface area contributed by atoms with E-state index in [1.165, 1.54) is 0 Å². The zero-order chi connectivity index (χ0) is 7.56. The molecule has 0 radical (unpaired) electrons. The van der Waals surface area contributed by atoms with E-state index in [9.17, 15) is 0 Å². The van der Waals surface area contributed by atoms with E-state index >= 15 is 0 Å². The summed E-state index contributed by atoms with van der Waals surface area (Å²) in [7, 11) is 1.83. The van der Waals surface area contributed by atoms with Crippen molar-refractivity contribution in [3.8, 4) is 0 Å². The number of aromatic nitrogens is 1. The van der Waals surface area contributed by atoms with Crippen molar-refractivity contribution in [1.29, 1.82) is 0 Å². The average Bonchev–Trinajstić information content (AvgIpc) is 1.88. The lowest BCUT2D eigenvalue weighted by molar-refractivity contribution is 1.26. The molecule has 0 saturated heterocycles. The highest BCUT2D eigenvalue weighted by atomic mass is 79.9. The Morgan fingerprint density at radius 2 is 2.20 bits per heavy atom. The quantitative estimate of drug-likeness (QED) is 0.845. The Labute approximate surface area is 76.3 Å². The molecule has 0 amide bonds. The van der Waals surface area contributed by atoms with Crippen molar-refractivity contribution in [3.05, 3.63) is 21.2 Å². The van der Waals surface area contributed by atoms with Gasteiger partial charge in [-0.15, -0.1) is 0 Å². The van der Waals surface area contributed by atoms with Gasteiger partial charge in [0.25, 0.3) is 0 Å². The lowest BCUT2D eigenvalue weighted by atomic mass is 10.5. The van der Waals surface area contributed by atoms with Gasteiger partial charge in [0.05, 0.1) is 4.47 Å². The fourth-order valence-electron chi connectivity index (χ4n) is 0.599. The molecule has 4 heteroatoms. The molecular formula is C6H6Br2N2. The van der Waals surface area contributed by atoms with Gasteiger partial charge in [0.15, 0.2) is 0 Å². The Bertz CT molecular complexity index is 237. The summed E-state index contributed by atoms with van der Waals surface area (Å²) in [6.45, 7) is 0. The maximum Gasteiger partial charge on any atom is 0.140 e. The number of anilines is 1. The minimum Gasteiger partial charge on any atom is -0.372 e. The molecule has 1 rings (SSSR count). The lowest BCUT2D eigenvalue weighted by Gasteiger charge is -2.00. The van der Waals surface area contributed by atoms with Crippen LogP contribution in [0, 0.1) is 0 Å². The normalized spacial score (nSPS) is 9.50. The summed E-state index contributed by atoms with van der Waals surface area (Å²) in [5.74, 6) is 0.850. The maximum atomic E-state index is 4.09. The van der Waals surface area contributed by atoms with Crippen molar-refractivity contribution >= 4 is 37.7 Å². The van der Waals surface area contributed by atoms with Gasteiger partial charge >= 0.3 is 0 Å². The molecule has 0 atom stereocenters. The van der Waals surface area contributed by atoms with Crippen LogP contribution in [-0.4, -0.2) is 12.0 Å². The first kappa shape index (κ1) is 8.01. The van der Waals surface area contributed by atoms with Gasteiger partial charge in [0, 0.05) is 17.7 Å². The van der Waals surface area contributed by atoms with Crippen molar-refractivity contribution in [2.75, 3.05) is 12.4 Å². The smallest absolute Gasteiger partial charge is 0.140 e. The van der Waals surface area contributed by atoms with Gasteiger partial charge in [-0.3, -0.25) is 0 Å². The van der Waals surface area contributed by atoms with E-state index in [-0.39, 0.29) is 0 Å². The Morgan fingerprint density at radius 1 is 1.50 bits per heavy atom. The Balaban J connectivity index is 3.07. The van der Waals surface area contributed by atoms with E-state index in [0.29, 0.717) is 0 Å².